The SMILES string of the molecule is CC(C)(C)Nc1cc(C(=O)Nc2cccc(F)c2)nc(-c2ccccc2)n1. The molecule has 1 amide bonds. The van der Waals surface area contributed by atoms with E-state index in [2.05, 4.69) is 20.6 Å². The molecular formula is C21H21FN4O. The van der Waals surface area contributed by atoms with Crippen LogP contribution >= 0.6 is 0 Å². The van der Waals surface area contributed by atoms with Gasteiger partial charge in [-0.3, -0.25) is 4.79 Å². The molecule has 1 aromatic heterocycles. The number of carbonyl (C=O) groups is 1. The van der Waals surface area contributed by atoms with Crippen LogP contribution in [0.15, 0.2) is 60.7 Å². The quantitative estimate of drug-likeness (QED) is 0.701. The number of carbonyl (C=O) groups excluding carboxylic acids is 1. The van der Waals surface area contributed by atoms with E-state index in [4.69, 9.17) is 0 Å². The van der Waals surface area contributed by atoms with Crippen LogP contribution in [0.2, 0.25) is 0 Å². The van der Waals surface area contributed by atoms with Gasteiger partial charge in [0.05, 0.1) is 0 Å². The maximum Gasteiger partial charge on any atom is 0.274 e. The summed E-state index contributed by atoms with van der Waals surface area (Å²) < 4.78 is 13.4. The molecule has 2 aromatic carbocycles. The number of amides is 1. The maximum atomic E-state index is 13.4. The van der Waals surface area contributed by atoms with Crippen LogP contribution in [-0.2, 0) is 0 Å². The summed E-state index contributed by atoms with van der Waals surface area (Å²) in [7, 11) is 0. The van der Waals surface area contributed by atoms with Crippen molar-refractivity contribution in [3.63, 3.8) is 0 Å². The summed E-state index contributed by atoms with van der Waals surface area (Å²) in [5.41, 5.74) is 1.12. The van der Waals surface area contributed by atoms with E-state index in [1.54, 1.807) is 12.1 Å². The van der Waals surface area contributed by atoms with Gasteiger partial charge >= 0.3 is 0 Å². The maximum absolute atomic E-state index is 13.4. The minimum absolute atomic E-state index is 0.194. The fourth-order valence-electron chi connectivity index (χ4n) is 2.49. The van der Waals surface area contributed by atoms with Crippen molar-refractivity contribution in [2.45, 2.75) is 26.3 Å². The van der Waals surface area contributed by atoms with Gasteiger partial charge in [0, 0.05) is 22.9 Å². The average Bonchev–Trinajstić information content (AvgIpc) is 2.61. The Morgan fingerprint density at radius 1 is 0.963 bits per heavy atom. The van der Waals surface area contributed by atoms with Gasteiger partial charge in [-0.2, -0.15) is 0 Å². The third kappa shape index (κ3) is 5.10. The minimum atomic E-state index is -0.433. The fraction of sp³-hybridized carbons (Fsp3) is 0.190. The van der Waals surface area contributed by atoms with Gasteiger partial charge in [-0.15, -0.1) is 0 Å². The zero-order valence-electron chi connectivity index (χ0n) is 15.5. The average molecular weight is 364 g/mol. The van der Waals surface area contributed by atoms with Crippen molar-refractivity contribution in [2.75, 3.05) is 10.6 Å². The van der Waals surface area contributed by atoms with Crippen molar-refractivity contribution in [2.24, 2.45) is 0 Å². The smallest absolute Gasteiger partial charge is 0.274 e. The van der Waals surface area contributed by atoms with Crippen LogP contribution in [0.1, 0.15) is 31.3 Å². The number of nitrogens with one attached hydrogen (secondary N) is 2. The van der Waals surface area contributed by atoms with Crippen molar-refractivity contribution in [3.05, 3.63) is 72.2 Å². The highest BCUT2D eigenvalue weighted by Gasteiger charge is 2.17. The number of anilines is 2. The predicted octanol–water partition coefficient (Wildman–Crippen LogP) is 4.75. The highest BCUT2D eigenvalue weighted by Crippen LogP contribution is 2.21. The molecule has 0 saturated heterocycles. The van der Waals surface area contributed by atoms with Gasteiger partial charge in [0.2, 0.25) is 0 Å². The molecule has 1 heterocycles. The molecule has 0 bridgehead atoms. The Morgan fingerprint density at radius 3 is 2.37 bits per heavy atom. The van der Waals surface area contributed by atoms with Crippen LogP contribution in [0, 0.1) is 5.82 Å². The van der Waals surface area contributed by atoms with E-state index in [1.807, 2.05) is 51.1 Å². The highest BCUT2D eigenvalue weighted by atomic mass is 19.1. The van der Waals surface area contributed by atoms with Crippen LogP contribution in [0.3, 0.4) is 0 Å². The number of halogens is 1. The molecule has 0 radical (unpaired) electrons. The normalized spacial score (nSPS) is 11.1. The van der Waals surface area contributed by atoms with Gasteiger partial charge in [-0.05, 0) is 39.0 Å². The lowest BCUT2D eigenvalue weighted by molar-refractivity contribution is 0.102. The summed E-state index contributed by atoms with van der Waals surface area (Å²) >= 11 is 0. The molecule has 138 valence electrons. The lowest BCUT2D eigenvalue weighted by Crippen LogP contribution is -2.27. The monoisotopic (exact) mass is 364 g/mol. The summed E-state index contributed by atoms with van der Waals surface area (Å²) in [4.78, 5) is 21.6. The molecule has 0 aliphatic rings. The van der Waals surface area contributed by atoms with Crippen molar-refractivity contribution < 1.29 is 9.18 Å². The zero-order chi connectivity index (χ0) is 19.4. The Hall–Kier alpha value is -3.28. The van der Waals surface area contributed by atoms with E-state index in [0.29, 0.717) is 17.3 Å². The highest BCUT2D eigenvalue weighted by molar-refractivity contribution is 6.03. The second-order valence-electron chi connectivity index (χ2n) is 7.17. The zero-order valence-corrected chi connectivity index (χ0v) is 15.5. The van der Waals surface area contributed by atoms with Crippen LogP contribution in [-0.4, -0.2) is 21.4 Å². The van der Waals surface area contributed by atoms with E-state index < -0.39 is 11.7 Å². The number of aromatic nitrogens is 2. The Morgan fingerprint density at radius 2 is 1.70 bits per heavy atom. The van der Waals surface area contributed by atoms with E-state index in [1.165, 1.54) is 18.2 Å². The molecular weight excluding hydrogens is 343 g/mol. The van der Waals surface area contributed by atoms with Crippen LogP contribution in [0.5, 0.6) is 0 Å². The van der Waals surface area contributed by atoms with Crippen molar-refractivity contribution >= 4 is 17.4 Å². The van der Waals surface area contributed by atoms with E-state index in [9.17, 15) is 9.18 Å². The second-order valence-corrected chi connectivity index (χ2v) is 7.17. The Bertz CT molecular complexity index is 952. The molecule has 0 unspecified atom stereocenters. The third-order valence-electron chi connectivity index (χ3n) is 3.58. The molecule has 27 heavy (non-hydrogen) atoms. The lowest BCUT2D eigenvalue weighted by Gasteiger charge is -2.22. The lowest BCUT2D eigenvalue weighted by atomic mass is 10.1. The Balaban J connectivity index is 1.97. The molecule has 0 aliphatic carbocycles. The molecule has 5 nitrogen and oxygen atoms in total. The Kier molecular flexibility index (Phi) is 5.16. The van der Waals surface area contributed by atoms with Gasteiger partial charge < -0.3 is 10.6 Å². The van der Waals surface area contributed by atoms with E-state index in [-0.39, 0.29) is 11.2 Å². The fourth-order valence-corrected chi connectivity index (χ4v) is 2.49. The molecule has 3 aromatic rings. The van der Waals surface area contributed by atoms with Gasteiger partial charge in [-0.25, -0.2) is 14.4 Å². The molecule has 3 rings (SSSR count). The molecule has 0 aliphatic heterocycles. The number of benzene rings is 2. The minimum Gasteiger partial charge on any atom is -0.365 e. The first-order chi connectivity index (χ1) is 12.8. The standard InChI is InChI=1S/C21H21FN4O/c1-21(2,3)26-18-13-17(20(27)23-16-11-7-10-15(22)12-16)24-19(25-18)14-8-5-4-6-9-14/h4-13H,1-3H3,(H,23,27)(H,24,25,26). The van der Waals surface area contributed by atoms with Crippen molar-refractivity contribution in [1.82, 2.24) is 9.97 Å². The molecule has 0 fully saturated rings. The molecule has 0 saturated carbocycles. The first-order valence-corrected chi connectivity index (χ1v) is 8.60. The van der Waals surface area contributed by atoms with Crippen molar-refractivity contribution in [3.8, 4) is 11.4 Å². The predicted molar refractivity (Wildman–Crippen MR) is 105 cm³/mol. The van der Waals surface area contributed by atoms with Crippen molar-refractivity contribution in [1.29, 1.82) is 0 Å². The van der Waals surface area contributed by atoms with Gasteiger partial charge in [0.25, 0.3) is 5.91 Å². The number of rotatable bonds is 4. The summed E-state index contributed by atoms with van der Waals surface area (Å²) in [5.74, 6) is 0.127. The summed E-state index contributed by atoms with van der Waals surface area (Å²) in [6, 6.07) is 16.7. The molecule has 0 atom stereocenters. The summed E-state index contributed by atoms with van der Waals surface area (Å²) in [5, 5.41) is 5.94. The molecule has 2 N–H and O–H groups in total. The summed E-state index contributed by atoms with van der Waals surface area (Å²) in [6.07, 6.45) is 0. The van der Waals surface area contributed by atoms with Crippen LogP contribution < -0.4 is 10.6 Å². The second kappa shape index (κ2) is 7.53. The first-order valence-electron chi connectivity index (χ1n) is 8.60. The van der Waals surface area contributed by atoms with E-state index >= 15 is 0 Å². The van der Waals surface area contributed by atoms with Gasteiger partial charge in [0.1, 0.15) is 17.3 Å². The molecule has 6 heteroatoms. The molecule has 0 spiro atoms. The number of hydrogen-bond donors (Lipinski definition) is 2. The van der Waals surface area contributed by atoms with Crippen LogP contribution in [0.4, 0.5) is 15.9 Å². The first kappa shape index (κ1) is 18.5. The Labute approximate surface area is 157 Å². The topological polar surface area (TPSA) is 66.9 Å². The van der Waals surface area contributed by atoms with E-state index in [0.717, 1.165) is 5.56 Å². The third-order valence-corrected chi connectivity index (χ3v) is 3.58. The van der Waals surface area contributed by atoms with Gasteiger partial charge in [0.15, 0.2) is 5.82 Å². The number of nitrogens with zero attached hydrogens (tertiary/aromatic N) is 2. The number of hydrogen-bond acceptors (Lipinski definition) is 4. The van der Waals surface area contributed by atoms with Crippen LogP contribution in [0.25, 0.3) is 11.4 Å². The largest absolute Gasteiger partial charge is 0.365 e. The summed E-state index contributed by atoms with van der Waals surface area (Å²) in [6.45, 7) is 6.01. The van der Waals surface area contributed by atoms with Gasteiger partial charge in [-0.1, -0.05) is 36.4 Å².